The smallest absolute Gasteiger partial charge is 0.303 e. The van der Waals surface area contributed by atoms with Crippen LogP contribution in [0, 0.1) is 0 Å². The molecule has 3 N–H and O–H groups in total. The van der Waals surface area contributed by atoms with E-state index in [1.165, 1.54) is 24.6 Å². The van der Waals surface area contributed by atoms with Crippen molar-refractivity contribution in [3.8, 4) is 0 Å². The van der Waals surface area contributed by atoms with Crippen LogP contribution in [0.15, 0.2) is 0 Å². The molecule has 90 valence electrons. The molecule has 0 radical (unpaired) electrons. The maximum atomic E-state index is 8.88. The molecule has 0 atom stereocenters. The third-order valence-electron chi connectivity index (χ3n) is 3.00. The zero-order chi connectivity index (χ0) is 11.8. The van der Waals surface area contributed by atoms with E-state index in [0.29, 0.717) is 0 Å². The fourth-order valence-corrected chi connectivity index (χ4v) is 4.50. The Morgan fingerprint density at radius 1 is 0.857 bits per heavy atom. The molecule has 0 saturated carbocycles. The van der Waals surface area contributed by atoms with Crippen molar-refractivity contribution in [3.05, 3.63) is 0 Å². The molecule has 0 rings (SSSR count). The zero-order valence-electron chi connectivity index (χ0n) is 9.53. The number of hydrogen-bond acceptors (Lipinski definition) is 1. The summed E-state index contributed by atoms with van der Waals surface area (Å²) in [4.78, 5) is 21.6. The number of rotatable bonds is 4. The summed E-state index contributed by atoms with van der Waals surface area (Å²) in [6, 6.07) is 0. The summed E-state index contributed by atoms with van der Waals surface area (Å²) in [5, 5.41) is 0. The van der Waals surface area contributed by atoms with Crippen molar-refractivity contribution in [3.63, 3.8) is 0 Å². The van der Waals surface area contributed by atoms with Crippen LogP contribution in [0.3, 0.4) is 0 Å². The standard InChI is InChI=1S/C8H21P.H3O4P/c1-5-9(6-2,7-3)8-4;1-5(2,3)4/h9H,5-8H2,1-4H3;(H3,1,2,3,4). The molecular formula is C8H24O4P2. The molecule has 0 aromatic heterocycles. The van der Waals surface area contributed by atoms with E-state index >= 15 is 0 Å². The predicted octanol–water partition coefficient (Wildman–Crippen LogP) is 1.89. The molecule has 14 heavy (non-hydrogen) atoms. The zero-order valence-corrected chi connectivity index (χ0v) is 11.4. The van der Waals surface area contributed by atoms with E-state index in [9.17, 15) is 0 Å². The Bertz CT molecular complexity index is 148. The van der Waals surface area contributed by atoms with Gasteiger partial charge < -0.3 is 14.7 Å². The Hall–Kier alpha value is 0.540. The van der Waals surface area contributed by atoms with Crippen LogP contribution < -0.4 is 0 Å². The summed E-state index contributed by atoms with van der Waals surface area (Å²) >= 11 is 0. The molecule has 6 heteroatoms. The summed E-state index contributed by atoms with van der Waals surface area (Å²) in [5.74, 6) is 0. The van der Waals surface area contributed by atoms with E-state index in [1.807, 2.05) is 0 Å². The monoisotopic (exact) mass is 246 g/mol. The minimum Gasteiger partial charge on any atom is -0.303 e. The molecule has 0 unspecified atom stereocenters. The maximum Gasteiger partial charge on any atom is 0.466 e. The average molecular weight is 246 g/mol. The van der Waals surface area contributed by atoms with Gasteiger partial charge in [0.1, 0.15) is 0 Å². The van der Waals surface area contributed by atoms with Crippen LogP contribution >= 0.6 is 15.1 Å². The second kappa shape index (κ2) is 7.78. The third kappa shape index (κ3) is 10.6. The van der Waals surface area contributed by atoms with Crippen LogP contribution in [-0.2, 0) is 4.57 Å². The Morgan fingerprint density at radius 2 is 1.00 bits per heavy atom. The fourth-order valence-electron chi connectivity index (χ4n) is 1.50. The van der Waals surface area contributed by atoms with E-state index in [2.05, 4.69) is 27.7 Å². The van der Waals surface area contributed by atoms with Gasteiger partial charge in [0.2, 0.25) is 0 Å². The molecule has 0 heterocycles. The van der Waals surface area contributed by atoms with E-state index in [-0.39, 0.29) is 0 Å². The largest absolute Gasteiger partial charge is 0.466 e. The van der Waals surface area contributed by atoms with Gasteiger partial charge in [0.15, 0.2) is 0 Å². The van der Waals surface area contributed by atoms with Crippen molar-refractivity contribution in [2.75, 3.05) is 24.6 Å². The van der Waals surface area contributed by atoms with Crippen LogP contribution in [0.5, 0.6) is 0 Å². The first-order valence-electron chi connectivity index (χ1n) is 5.03. The topological polar surface area (TPSA) is 77.8 Å². The van der Waals surface area contributed by atoms with Gasteiger partial charge in [0.05, 0.1) is 0 Å². The molecule has 0 amide bonds. The van der Waals surface area contributed by atoms with Crippen molar-refractivity contribution >= 4 is 15.1 Å². The van der Waals surface area contributed by atoms with Gasteiger partial charge in [-0.1, -0.05) is 0 Å². The Morgan fingerprint density at radius 3 is 1.00 bits per heavy atom. The Labute approximate surface area is 87.3 Å². The normalized spacial score (nSPS) is 13.1. The van der Waals surface area contributed by atoms with Crippen molar-refractivity contribution in [2.45, 2.75) is 27.7 Å². The summed E-state index contributed by atoms with van der Waals surface area (Å²) < 4.78 is 8.88. The SMILES string of the molecule is CC[PH](CC)(CC)CC.O=P(O)(O)O. The first-order valence-corrected chi connectivity index (χ1v) is 9.42. The van der Waals surface area contributed by atoms with E-state index in [1.54, 1.807) is 0 Å². The minimum absolute atomic E-state index is 0.691. The molecule has 0 aromatic rings. The van der Waals surface area contributed by atoms with Gasteiger partial charge in [-0.25, -0.2) is 4.57 Å². The van der Waals surface area contributed by atoms with Gasteiger partial charge >= 0.3 is 67.4 Å². The van der Waals surface area contributed by atoms with Gasteiger partial charge in [-0.2, -0.15) is 0 Å². The predicted molar refractivity (Wildman–Crippen MR) is 64.7 cm³/mol. The molecule has 0 saturated heterocycles. The van der Waals surface area contributed by atoms with Crippen molar-refractivity contribution in [1.29, 1.82) is 0 Å². The van der Waals surface area contributed by atoms with Crippen LogP contribution in [0.2, 0.25) is 0 Å². The van der Waals surface area contributed by atoms with E-state index in [4.69, 9.17) is 19.2 Å². The van der Waals surface area contributed by atoms with E-state index in [0.717, 1.165) is 0 Å². The van der Waals surface area contributed by atoms with Crippen LogP contribution in [0.4, 0.5) is 0 Å². The average Bonchev–Trinajstić information content (AvgIpc) is 2.07. The van der Waals surface area contributed by atoms with Gasteiger partial charge in [0, 0.05) is 0 Å². The van der Waals surface area contributed by atoms with Gasteiger partial charge in [-0.15, -0.1) is 0 Å². The summed E-state index contributed by atoms with van der Waals surface area (Å²) in [7, 11) is -5.33. The van der Waals surface area contributed by atoms with Crippen LogP contribution in [-0.4, -0.2) is 39.3 Å². The van der Waals surface area contributed by atoms with Crippen LogP contribution in [0.1, 0.15) is 27.7 Å². The van der Waals surface area contributed by atoms with Gasteiger partial charge in [-0.05, 0) is 0 Å². The molecular weight excluding hydrogens is 222 g/mol. The van der Waals surface area contributed by atoms with Crippen LogP contribution in [0.25, 0.3) is 0 Å². The first kappa shape index (κ1) is 17.0. The van der Waals surface area contributed by atoms with Gasteiger partial charge in [-0.3, -0.25) is 0 Å². The third-order valence-corrected chi connectivity index (χ3v) is 9.00. The molecule has 0 aliphatic carbocycles. The quantitative estimate of drug-likeness (QED) is 0.662. The van der Waals surface area contributed by atoms with Gasteiger partial charge in [0.25, 0.3) is 0 Å². The Kier molecular flexibility index (Phi) is 9.42. The van der Waals surface area contributed by atoms with Crippen molar-refractivity contribution in [2.24, 2.45) is 0 Å². The number of phosphoric acid groups is 1. The number of hydrogen-bond donors (Lipinski definition) is 3. The van der Waals surface area contributed by atoms with Crippen molar-refractivity contribution in [1.82, 2.24) is 0 Å². The molecule has 0 aliphatic heterocycles. The maximum absolute atomic E-state index is 8.88. The molecule has 0 aromatic carbocycles. The molecule has 0 aliphatic rings. The molecule has 0 spiro atoms. The first-order chi connectivity index (χ1) is 6.24. The Balaban J connectivity index is 0. The minimum atomic E-state index is -4.64. The molecule has 4 nitrogen and oxygen atoms in total. The molecule has 0 fully saturated rings. The summed E-state index contributed by atoms with van der Waals surface area (Å²) in [5.41, 5.74) is 0. The summed E-state index contributed by atoms with van der Waals surface area (Å²) in [6.45, 7) is 9.46. The second-order valence-electron chi connectivity index (χ2n) is 3.43. The second-order valence-corrected chi connectivity index (χ2v) is 10.3. The summed E-state index contributed by atoms with van der Waals surface area (Å²) in [6.07, 6.45) is 5.93. The fraction of sp³-hybridized carbons (Fsp3) is 1.00. The molecule has 0 bridgehead atoms. The van der Waals surface area contributed by atoms with E-state index < -0.39 is 15.1 Å². The van der Waals surface area contributed by atoms with Crippen molar-refractivity contribution < 1.29 is 19.2 Å².